The van der Waals surface area contributed by atoms with E-state index in [0.29, 0.717) is 0 Å². The Bertz CT molecular complexity index is 136. The molecule has 72 valence electrons. The zero-order valence-corrected chi connectivity index (χ0v) is 7.79. The van der Waals surface area contributed by atoms with Crippen LogP contribution < -0.4 is 0 Å². The Morgan fingerprint density at radius 1 is 1.33 bits per heavy atom. The van der Waals surface area contributed by atoms with Crippen LogP contribution in [0.1, 0.15) is 26.2 Å². The number of aliphatic hydroxyl groups excluding tert-OH is 1. The maximum absolute atomic E-state index is 9.75. The fourth-order valence-corrected chi connectivity index (χ4v) is 1.68. The minimum atomic E-state index is -0.482. The maximum Gasteiger partial charge on any atom is 0.0632 e. The van der Waals surface area contributed by atoms with E-state index >= 15 is 0 Å². The van der Waals surface area contributed by atoms with Crippen molar-refractivity contribution < 1.29 is 10.2 Å². The zero-order chi connectivity index (χ0) is 9.03. The van der Waals surface area contributed by atoms with Gasteiger partial charge in [-0.15, -0.1) is 0 Å². The van der Waals surface area contributed by atoms with Crippen LogP contribution in [0.5, 0.6) is 0 Å². The van der Waals surface area contributed by atoms with E-state index in [1.54, 1.807) is 0 Å². The molecule has 0 aromatic heterocycles. The van der Waals surface area contributed by atoms with Gasteiger partial charge in [-0.2, -0.15) is 0 Å². The van der Waals surface area contributed by atoms with Crippen LogP contribution >= 0.6 is 0 Å². The van der Waals surface area contributed by atoms with Gasteiger partial charge >= 0.3 is 0 Å². The van der Waals surface area contributed by atoms with E-state index in [0.717, 1.165) is 38.9 Å². The second kappa shape index (κ2) is 4.21. The van der Waals surface area contributed by atoms with Crippen molar-refractivity contribution in [2.75, 3.05) is 26.2 Å². The number of hydrogen-bond acceptors (Lipinski definition) is 3. The van der Waals surface area contributed by atoms with Gasteiger partial charge in [0.05, 0.1) is 12.2 Å². The van der Waals surface area contributed by atoms with Crippen molar-refractivity contribution in [2.45, 2.75) is 31.8 Å². The van der Waals surface area contributed by atoms with Gasteiger partial charge in [-0.1, -0.05) is 0 Å². The Balaban J connectivity index is 2.34. The second-order valence-electron chi connectivity index (χ2n) is 3.92. The Morgan fingerprint density at radius 3 is 2.75 bits per heavy atom. The predicted octanol–water partition coefficient (Wildman–Crippen LogP) is 0.216. The molecule has 0 aromatic carbocycles. The third-order valence-corrected chi connectivity index (χ3v) is 2.57. The maximum atomic E-state index is 9.75. The molecule has 1 rings (SSSR count). The van der Waals surface area contributed by atoms with Crippen LogP contribution in [-0.2, 0) is 0 Å². The summed E-state index contributed by atoms with van der Waals surface area (Å²) in [5.74, 6) is 0. The van der Waals surface area contributed by atoms with Crippen molar-refractivity contribution in [2.24, 2.45) is 0 Å². The summed E-state index contributed by atoms with van der Waals surface area (Å²) in [7, 11) is 0. The summed E-state index contributed by atoms with van der Waals surface area (Å²) in [6.07, 6.45) is 2.74. The van der Waals surface area contributed by atoms with Crippen LogP contribution in [0, 0.1) is 0 Å². The topological polar surface area (TPSA) is 43.7 Å². The Morgan fingerprint density at radius 2 is 2.08 bits per heavy atom. The first-order valence-corrected chi connectivity index (χ1v) is 4.70. The molecular formula is C9H19NO2. The highest BCUT2D eigenvalue weighted by atomic mass is 16.3. The monoisotopic (exact) mass is 173 g/mol. The first kappa shape index (κ1) is 9.96. The van der Waals surface area contributed by atoms with Crippen molar-refractivity contribution in [3.05, 3.63) is 0 Å². The molecule has 0 radical (unpaired) electrons. The predicted molar refractivity (Wildman–Crippen MR) is 48.0 cm³/mol. The number of hydrogen-bond donors (Lipinski definition) is 2. The molecule has 0 amide bonds. The minimum Gasteiger partial charge on any atom is -0.395 e. The Hall–Kier alpha value is -0.120. The van der Waals surface area contributed by atoms with Crippen LogP contribution in [0.3, 0.4) is 0 Å². The lowest BCUT2D eigenvalue weighted by Crippen LogP contribution is -2.30. The molecule has 0 spiro atoms. The molecule has 1 heterocycles. The average molecular weight is 173 g/mol. The molecule has 3 heteroatoms. The summed E-state index contributed by atoms with van der Waals surface area (Å²) in [5.41, 5.74) is -0.482. The highest BCUT2D eigenvalue weighted by Crippen LogP contribution is 2.20. The van der Waals surface area contributed by atoms with Crippen LogP contribution in [0.4, 0.5) is 0 Å². The third-order valence-electron chi connectivity index (χ3n) is 2.57. The van der Waals surface area contributed by atoms with Crippen molar-refractivity contribution in [3.63, 3.8) is 0 Å². The van der Waals surface area contributed by atoms with Crippen LogP contribution in [0.2, 0.25) is 0 Å². The molecule has 12 heavy (non-hydrogen) atoms. The van der Waals surface area contributed by atoms with Crippen LogP contribution in [0.25, 0.3) is 0 Å². The van der Waals surface area contributed by atoms with E-state index in [9.17, 15) is 5.11 Å². The summed E-state index contributed by atoms with van der Waals surface area (Å²) in [4.78, 5) is 2.21. The van der Waals surface area contributed by atoms with E-state index < -0.39 is 5.60 Å². The van der Waals surface area contributed by atoms with Gasteiger partial charge in [-0.05, 0) is 32.7 Å². The molecule has 1 atom stereocenters. The van der Waals surface area contributed by atoms with Crippen molar-refractivity contribution in [1.82, 2.24) is 4.90 Å². The van der Waals surface area contributed by atoms with Crippen LogP contribution in [0.15, 0.2) is 0 Å². The van der Waals surface area contributed by atoms with E-state index in [-0.39, 0.29) is 6.61 Å². The fraction of sp³-hybridized carbons (Fsp3) is 1.00. The van der Waals surface area contributed by atoms with Gasteiger partial charge in [0, 0.05) is 13.1 Å². The minimum absolute atomic E-state index is 0.224. The highest BCUT2D eigenvalue weighted by Gasteiger charge is 2.24. The third kappa shape index (κ3) is 3.09. The number of nitrogens with zero attached hydrogens (tertiary/aromatic N) is 1. The van der Waals surface area contributed by atoms with Gasteiger partial charge in [-0.25, -0.2) is 0 Å². The summed E-state index contributed by atoms with van der Waals surface area (Å²) in [6, 6.07) is 0. The highest BCUT2D eigenvalue weighted by molar-refractivity contribution is 4.78. The summed E-state index contributed by atoms with van der Waals surface area (Å²) in [5, 5.41) is 18.5. The molecule has 3 nitrogen and oxygen atoms in total. The summed E-state index contributed by atoms with van der Waals surface area (Å²) in [6.45, 7) is 4.79. The van der Waals surface area contributed by atoms with Gasteiger partial charge in [0.2, 0.25) is 0 Å². The van der Waals surface area contributed by atoms with E-state index in [2.05, 4.69) is 4.90 Å². The largest absolute Gasteiger partial charge is 0.395 e. The Kier molecular flexibility index (Phi) is 3.50. The van der Waals surface area contributed by atoms with Gasteiger partial charge in [0.25, 0.3) is 0 Å². The molecule has 0 bridgehead atoms. The lowest BCUT2D eigenvalue weighted by atomic mass is 9.98. The van der Waals surface area contributed by atoms with E-state index in [1.165, 1.54) is 0 Å². The second-order valence-corrected chi connectivity index (χ2v) is 3.92. The van der Waals surface area contributed by atoms with E-state index in [4.69, 9.17) is 5.11 Å². The zero-order valence-electron chi connectivity index (χ0n) is 7.79. The standard InChI is InChI=1S/C9H19NO2/c1-9(12)3-2-5-10(6-4-9)7-8-11/h11-12H,2-8H2,1H3. The molecule has 0 aliphatic carbocycles. The number of likely N-dealkylation sites (tertiary alicyclic amines) is 1. The van der Waals surface area contributed by atoms with E-state index in [1.807, 2.05) is 6.92 Å². The number of rotatable bonds is 2. The lowest BCUT2D eigenvalue weighted by molar-refractivity contribution is 0.0441. The molecule has 0 aromatic rings. The van der Waals surface area contributed by atoms with Crippen LogP contribution in [-0.4, -0.2) is 47.0 Å². The average Bonchev–Trinajstić information content (AvgIpc) is 2.14. The molecule has 1 unspecified atom stereocenters. The molecule has 0 saturated carbocycles. The number of β-amino-alcohol motifs (C(OH)–C–C–N with tert-alkyl or cyclic N) is 1. The lowest BCUT2D eigenvalue weighted by Gasteiger charge is -2.21. The Labute approximate surface area is 74.0 Å². The SMILES string of the molecule is CC1(O)CCCN(CCO)CC1. The van der Waals surface area contributed by atoms with Crippen molar-refractivity contribution >= 4 is 0 Å². The summed E-state index contributed by atoms with van der Waals surface area (Å²) < 4.78 is 0. The van der Waals surface area contributed by atoms with Crippen molar-refractivity contribution in [1.29, 1.82) is 0 Å². The first-order chi connectivity index (χ1) is 5.64. The molecule has 1 saturated heterocycles. The molecule has 1 aliphatic rings. The summed E-state index contributed by atoms with van der Waals surface area (Å²) >= 11 is 0. The van der Waals surface area contributed by atoms with Gasteiger partial charge in [0.1, 0.15) is 0 Å². The number of aliphatic hydroxyl groups is 2. The van der Waals surface area contributed by atoms with Crippen molar-refractivity contribution in [3.8, 4) is 0 Å². The molecule has 1 aliphatic heterocycles. The van der Waals surface area contributed by atoms with Gasteiger partial charge in [0.15, 0.2) is 0 Å². The quantitative estimate of drug-likeness (QED) is 0.627. The molecular weight excluding hydrogens is 154 g/mol. The van der Waals surface area contributed by atoms with Gasteiger partial charge in [-0.3, -0.25) is 0 Å². The fourth-order valence-electron chi connectivity index (χ4n) is 1.68. The normalized spacial score (nSPS) is 33.2. The smallest absolute Gasteiger partial charge is 0.0632 e. The molecule has 1 fully saturated rings. The van der Waals surface area contributed by atoms with Gasteiger partial charge < -0.3 is 15.1 Å². The molecule has 2 N–H and O–H groups in total. The first-order valence-electron chi connectivity index (χ1n) is 4.70.